The summed E-state index contributed by atoms with van der Waals surface area (Å²) >= 11 is 0. The van der Waals surface area contributed by atoms with Crippen molar-refractivity contribution in [1.29, 1.82) is 0 Å². The van der Waals surface area contributed by atoms with Gasteiger partial charge in [-0.15, -0.1) is 0 Å². The van der Waals surface area contributed by atoms with Gasteiger partial charge in [0.05, 0.1) is 13.7 Å². The van der Waals surface area contributed by atoms with Gasteiger partial charge < -0.3 is 10.1 Å². The Morgan fingerprint density at radius 2 is 1.96 bits per heavy atom. The van der Waals surface area contributed by atoms with Crippen LogP contribution in [0.5, 0.6) is 5.75 Å². The van der Waals surface area contributed by atoms with Gasteiger partial charge in [-0.3, -0.25) is 14.5 Å². The zero-order valence-electron chi connectivity index (χ0n) is 13.3. The van der Waals surface area contributed by atoms with Crippen molar-refractivity contribution in [3.63, 3.8) is 0 Å². The van der Waals surface area contributed by atoms with Crippen molar-refractivity contribution >= 4 is 17.7 Å². The minimum absolute atomic E-state index is 0.0209. The van der Waals surface area contributed by atoms with E-state index in [1.807, 2.05) is 0 Å². The SMILES string of the molecule is CCC1(CC)NC(=O)N(CC(=O)c2ccc(OC)c(F)c2)C1=O. The number of amides is 3. The molecule has 0 aliphatic carbocycles. The number of carbonyl (C=O) groups is 3. The number of ketones is 1. The van der Waals surface area contributed by atoms with Crippen LogP contribution in [-0.4, -0.2) is 41.8 Å². The molecule has 1 aliphatic rings. The lowest BCUT2D eigenvalue weighted by molar-refractivity contribution is -0.131. The normalized spacial score (nSPS) is 16.4. The van der Waals surface area contributed by atoms with Gasteiger partial charge in [-0.2, -0.15) is 0 Å². The molecule has 124 valence electrons. The van der Waals surface area contributed by atoms with Crippen LogP contribution in [0, 0.1) is 5.82 Å². The third-order valence-corrected chi connectivity index (χ3v) is 4.23. The number of methoxy groups -OCH3 is 1. The Kier molecular flexibility index (Phi) is 4.68. The molecule has 23 heavy (non-hydrogen) atoms. The minimum atomic E-state index is -0.956. The predicted octanol–water partition coefficient (Wildman–Crippen LogP) is 2.13. The van der Waals surface area contributed by atoms with E-state index >= 15 is 0 Å². The molecule has 1 aromatic rings. The van der Waals surface area contributed by atoms with Crippen molar-refractivity contribution in [3.05, 3.63) is 29.6 Å². The van der Waals surface area contributed by atoms with E-state index < -0.39 is 35.6 Å². The Labute approximate surface area is 133 Å². The number of nitrogens with one attached hydrogen (secondary N) is 1. The predicted molar refractivity (Wildman–Crippen MR) is 80.8 cm³/mol. The van der Waals surface area contributed by atoms with Crippen molar-refractivity contribution in [1.82, 2.24) is 10.2 Å². The fraction of sp³-hybridized carbons (Fsp3) is 0.438. The average Bonchev–Trinajstić information content (AvgIpc) is 2.79. The van der Waals surface area contributed by atoms with Crippen LogP contribution in [0.1, 0.15) is 37.0 Å². The van der Waals surface area contributed by atoms with Gasteiger partial charge in [0, 0.05) is 5.56 Å². The maximum absolute atomic E-state index is 13.7. The Hall–Kier alpha value is -2.44. The molecule has 1 saturated heterocycles. The molecule has 1 aromatic carbocycles. The maximum atomic E-state index is 13.7. The topological polar surface area (TPSA) is 75.7 Å². The van der Waals surface area contributed by atoms with Crippen LogP contribution >= 0.6 is 0 Å². The molecule has 1 aliphatic heterocycles. The van der Waals surface area contributed by atoms with E-state index in [-0.39, 0.29) is 11.3 Å². The van der Waals surface area contributed by atoms with E-state index in [0.717, 1.165) is 11.0 Å². The maximum Gasteiger partial charge on any atom is 0.325 e. The quantitative estimate of drug-likeness (QED) is 0.643. The molecule has 6 nitrogen and oxygen atoms in total. The second-order valence-electron chi connectivity index (χ2n) is 5.38. The van der Waals surface area contributed by atoms with E-state index in [1.54, 1.807) is 13.8 Å². The number of halogens is 1. The van der Waals surface area contributed by atoms with Crippen molar-refractivity contribution < 1.29 is 23.5 Å². The largest absolute Gasteiger partial charge is 0.494 e. The van der Waals surface area contributed by atoms with E-state index in [0.29, 0.717) is 12.8 Å². The standard InChI is InChI=1S/C16H19FN2O4/c1-4-16(5-2)14(21)19(15(22)18-16)9-12(20)10-6-7-13(23-3)11(17)8-10/h6-8H,4-5,9H2,1-3H3,(H,18,22). The van der Waals surface area contributed by atoms with E-state index in [2.05, 4.69) is 5.32 Å². The molecule has 0 aromatic heterocycles. The molecule has 0 atom stereocenters. The zero-order valence-corrected chi connectivity index (χ0v) is 13.3. The fourth-order valence-electron chi connectivity index (χ4n) is 2.62. The lowest BCUT2D eigenvalue weighted by atomic mass is 9.93. The number of imide groups is 1. The number of rotatable bonds is 6. The van der Waals surface area contributed by atoms with E-state index in [4.69, 9.17) is 4.74 Å². The highest BCUT2D eigenvalue weighted by Gasteiger charge is 2.49. The van der Waals surface area contributed by atoms with Crippen LogP contribution in [0.4, 0.5) is 9.18 Å². The molecule has 3 amide bonds. The lowest BCUT2D eigenvalue weighted by Crippen LogP contribution is -2.46. The van der Waals surface area contributed by atoms with Gasteiger partial charge in [0.1, 0.15) is 5.54 Å². The van der Waals surface area contributed by atoms with Gasteiger partial charge in [0.15, 0.2) is 17.3 Å². The first kappa shape index (κ1) is 16.9. The van der Waals surface area contributed by atoms with Gasteiger partial charge in [-0.1, -0.05) is 13.8 Å². The Balaban J connectivity index is 2.19. The number of nitrogens with zero attached hydrogens (tertiary/aromatic N) is 1. The Morgan fingerprint density at radius 3 is 2.43 bits per heavy atom. The summed E-state index contributed by atoms with van der Waals surface area (Å²) < 4.78 is 18.5. The second-order valence-corrected chi connectivity index (χ2v) is 5.38. The summed E-state index contributed by atoms with van der Waals surface area (Å²) in [5.74, 6) is -1.59. The van der Waals surface area contributed by atoms with Crippen molar-refractivity contribution in [3.8, 4) is 5.75 Å². The molecule has 2 rings (SSSR count). The highest BCUT2D eigenvalue weighted by atomic mass is 19.1. The Bertz CT molecular complexity index is 655. The van der Waals surface area contributed by atoms with Gasteiger partial charge in [0.2, 0.25) is 0 Å². The number of urea groups is 1. The molecule has 0 saturated carbocycles. The van der Waals surface area contributed by atoms with Gasteiger partial charge in [0.25, 0.3) is 5.91 Å². The fourth-order valence-corrected chi connectivity index (χ4v) is 2.62. The summed E-state index contributed by atoms with van der Waals surface area (Å²) in [4.78, 5) is 37.6. The van der Waals surface area contributed by atoms with Crippen molar-refractivity contribution in [2.24, 2.45) is 0 Å². The van der Waals surface area contributed by atoms with Crippen LogP contribution in [0.3, 0.4) is 0 Å². The molecule has 0 bridgehead atoms. The van der Waals surface area contributed by atoms with Crippen molar-refractivity contribution in [2.45, 2.75) is 32.2 Å². The summed E-state index contributed by atoms with van der Waals surface area (Å²) in [5, 5.41) is 2.64. The van der Waals surface area contributed by atoms with Crippen LogP contribution in [-0.2, 0) is 4.79 Å². The van der Waals surface area contributed by atoms with Gasteiger partial charge >= 0.3 is 6.03 Å². The monoisotopic (exact) mass is 322 g/mol. The molecule has 1 heterocycles. The summed E-state index contributed by atoms with van der Waals surface area (Å²) in [5.41, 5.74) is -0.878. The number of benzene rings is 1. The van der Waals surface area contributed by atoms with E-state index in [1.165, 1.54) is 19.2 Å². The molecular formula is C16H19FN2O4. The van der Waals surface area contributed by atoms with Crippen LogP contribution < -0.4 is 10.1 Å². The number of hydrogen-bond acceptors (Lipinski definition) is 4. The molecule has 1 fully saturated rings. The molecule has 7 heteroatoms. The number of carbonyl (C=O) groups excluding carboxylic acids is 3. The third-order valence-electron chi connectivity index (χ3n) is 4.23. The minimum Gasteiger partial charge on any atom is -0.494 e. The van der Waals surface area contributed by atoms with Crippen molar-refractivity contribution in [2.75, 3.05) is 13.7 Å². The molecule has 1 N–H and O–H groups in total. The Morgan fingerprint density at radius 1 is 1.30 bits per heavy atom. The highest BCUT2D eigenvalue weighted by Crippen LogP contribution is 2.25. The lowest BCUT2D eigenvalue weighted by Gasteiger charge is -2.22. The molecular weight excluding hydrogens is 303 g/mol. The van der Waals surface area contributed by atoms with Crippen LogP contribution in [0.25, 0.3) is 0 Å². The van der Waals surface area contributed by atoms with Gasteiger partial charge in [-0.05, 0) is 31.0 Å². The summed E-state index contributed by atoms with van der Waals surface area (Å²) in [6.07, 6.45) is 0.881. The summed E-state index contributed by atoms with van der Waals surface area (Å²) in [6.45, 7) is 3.18. The second kappa shape index (κ2) is 6.36. The van der Waals surface area contributed by atoms with Crippen LogP contribution in [0.2, 0.25) is 0 Å². The first-order valence-corrected chi connectivity index (χ1v) is 7.39. The number of hydrogen-bond donors (Lipinski definition) is 1. The first-order chi connectivity index (χ1) is 10.9. The van der Waals surface area contributed by atoms with E-state index in [9.17, 15) is 18.8 Å². The van der Waals surface area contributed by atoms with Gasteiger partial charge in [-0.25, -0.2) is 9.18 Å². The number of Topliss-reactive ketones (excluding diaryl/α,β-unsaturated/α-hetero) is 1. The third kappa shape index (κ3) is 2.91. The number of ether oxygens (including phenoxy) is 1. The molecule has 0 unspecified atom stereocenters. The molecule has 0 radical (unpaired) electrons. The van der Waals surface area contributed by atoms with Crippen LogP contribution in [0.15, 0.2) is 18.2 Å². The first-order valence-electron chi connectivity index (χ1n) is 7.39. The smallest absolute Gasteiger partial charge is 0.325 e. The highest BCUT2D eigenvalue weighted by molar-refractivity contribution is 6.11. The summed E-state index contributed by atoms with van der Waals surface area (Å²) in [6, 6.07) is 3.17. The average molecular weight is 322 g/mol. The molecule has 0 spiro atoms. The summed E-state index contributed by atoms with van der Waals surface area (Å²) in [7, 11) is 1.32. The zero-order chi connectivity index (χ0) is 17.2.